The smallest absolute Gasteiger partial charge is 0.338 e. The molecule has 8 atom stereocenters. The number of esters is 1. The van der Waals surface area contributed by atoms with Crippen LogP contribution in [-0.4, -0.2) is 34.4 Å². The minimum absolute atomic E-state index is 0.0123. The van der Waals surface area contributed by atoms with Crippen LogP contribution in [0.15, 0.2) is 30.3 Å². The second-order valence-corrected chi connectivity index (χ2v) is 12.0. The molecular formula is C27H36O5. The molecule has 1 aromatic rings. The first-order chi connectivity index (χ1) is 15.1. The predicted molar refractivity (Wildman–Crippen MR) is 120 cm³/mol. The van der Waals surface area contributed by atoms with Gasteiger partial charge in [-0.3, -0.25) is 4.79 Å². The van der Waals surface area contributed by atoms with Gasteiger partial charge in [-0.25, -0.2) is 4.79 Å². The first kappa shape index (κ1) is 21.9. The van der Waals surface area contributed by atoms with Crippen molar-refractivity contribution in [3.8, 4) is 0 Å². The third-order valence-electron chi connectivity index (χ3n) is 10.5. The van der Waals surface area contributed by atoms with Crippen LogP contribution >= 0.6 is 0 Å². The maximum absolute atomic E-state index is 13.1. The minimum Gasteiger partial charge on any atom is -0.481 e. The van der Waals surface area contributed by atoms with E-state index in [2.05, 4.69) is 13.8 Å². The molecule has 0 unspecified atom stereocenters. The fraction of sp³-hybridized carbons (Fsp3) is 0.704. The summed E-state index contributed by atoms with van der Waals surface area (Å²) in [5.74, 6) is -1.14. The zero-order valence-electron chi connectivity index (χ0n) is 19.5. The molecule has 4 saturated carbocycles. The van der Waals surface area contributed by atoms with Crippen LogP contribution in [0.3, 0.4) is 0 Å². The highest BCUT2D eigenvalue weighted by atomic mass is 16.5. The van der Waals surface area contributed by atoms with Crippen LogP contribution in [0.2, 0.25) is 0 Å². The zero-order valence-corrected chi connectivity index (χ0v) is 19.5. The summed E-state index contributed by atoms with van der Waals surface area (Å²) in [6.45, 7) is 6.38. The van der Waals surface area contributed by atoms with Gasteiger partial charge >= 0.3 is 11.9 Å². The Bertz CT molecular complexity index is 929. The van der Waals surface area contributed by atoms with Gasteiger partial charge in [-0.15, -0.1) is 0 Å². The molecule has 32 heavy (non-hydrogen) atoms. The van der Waals surface area contributed by atoms with Crippen molar-refractivity contribution < 1.29 is 24.5 Å². The number of carboxylic acids is 1. The molecule has 0 saturated heterocycles. The molecule has 0 aromatic heterocycles. The third kappa shape index (κ3) is 2.79. The van der Waals surface area contributed by atoms with Crippen molar-refractivity contribution in [2.24, 2.45) is 33.5 Å². The predicted octanol–water partition coefficient (Wildman–Crippen LogP) is 5.07. The second-order valence-electron chi connectivity index (χ2n) is 12.0. The molecule has 0 radical (unpaired) electrons. The summed E-state index contributed by atoms with van der Waals surface area (Å²) in [7, 11) is 0. The number of hydrogen-bond donors (Lipinski definition) is 2. The fourth-order valence-corrected chi connectivity index (χ4v) is 8.86. The number of aliphatic hydroxyl groups excluding tert-OH is 1. The summed E-state index contributed by atoms with van der Waals surface area (Å²) < 4.78 is 6.19. The number of hydrogen-bond acceptors (Lipinski definition) is 4. The van der Waals surface area contributed by atoms with Crippen molar-refractivity contribution in [1.82, 2.24) is 0 Å². The highest BCUT2D eigenvalue weighted by Crippen LogP contribution is 2.76. The number of aliphatic hydroxyl groups is 1. The van der Waals surface area contributed by atoms with Crippen molar-refractivity contribution in [3.63, 3.8) is 0 Å². The second kappa shape index (κ2) is 7.06. The van der Waals surface area contributed by atoms with Gasteiger partial charge in [0.05, 0.1) is 17.1 Å². The lowest BCUT2D eigenvalue weighted by molar-refractivity contribution is -0.233. The number of carboxylic acid groups (broad SMARTS) is 1. The Balaban J connectivity index is 1.59. The maximum atomic E-state index is 13.1. The molecule has 2 bridgehead atoms. The Morgan fingerprint density at radius 3 is 2.41 bits per heavy atom. The van der Waals surface area contributed by atoms with Crippen molar-refractivity contribution in [2.45, 2.75) is 84.3 Å². The Morgan fingerprint density at radius 2 is 1.72 bits per heavy atom. The molecule has 4 aliphatic carbocycles. The summed E-state index contributed by atoms with van der Waals surface area (Å²) in [6, 6.07) is 8.98. The van der Waals surface area contributed by atoms with Crippen molar-refractivity contribution in [2.75, 3.05) is 0 Å². The van der Waals surface area contributed by atoms with Crippen molar-refractivity contribution in [3.05, 3.63) is 35.9 Å². The normalized spacial score (nSPS) is 47.2. The highest BCUT2D eigenvalue weighted by Gasteiger charge is 2.73. The maximum Gasteiger partial charge on any atom is 0.338 e. The van der Waals surface area contributed by atoms with Gasteiger partial charge in [-0.05, 0) is 86.2 Å². The Hall–Kier alpha value is -1.88. The molecule has 4 aliphatic rings. The van der Waals surface area contributed by atoms with Crippen LogP contribution < -0.4 is 0 Å². The molecule has 5 rings (SSSR count). The van der Waals surface area contributed by atoms with Gasteiger partial charge in [0.25, 0.3) is 0 Å². The number of carbonyl (C=O) groups excluding carboxylic acids is 1. The van der Waals surface area contributed by atoms with Gasteiger partial charge in [0.1, 0.15) is 6.10 Å². The van der Waals surface area contributed by atoms with Gasteiger partial charge < -0.3 is 14.9 Å². The van der Waals surface area contributed by atoms with Crippen LogP contribution in [0.4, 0.5) is 0 Å². The lowest BCUT2D eigenvalue weighted by Gasteiger charge is -2.67. The van der Waals surface area contributed by atoms with Crippen LogP contribution in [0, 0.1) is 33.5 Å². The van der Waals surface area contributed by atoms with E-state index in [0.29, 0.717) is 18.4 Å². The first-order valence-electron chi connectivity index (χ1n) is 12.2. The summed E-state index contributed by atoms with van der Waals surface area (Å²) >= 11 is 0. The molecule has 174 valence electrons. The van der Waals surface area contributed by atoms with Crippen molar-refractivity contribution in [1.29, 1.82) is 0 Å². The van der Waals surface area contributed by atoms with Crippen LogP contribution in [0.25, 0.3) is 0 Å². The monoisotopic (exact) mass is 440 g/mol. The topological polar surface area (TPSA) is 83.8 Å². The summed E-state index contributed by atoms with van der Waals surface area (Å²) in [5.41, 5.74) is -0.739. The lowest BCUT2D eigenvalue weighted by atomic mass is 9.37. The average molecular weight is 441 g/mol. The number of carbonyl (C=O) groups is 2. The standard InChI is InChI=1S/C27H36O5/c1-24-12-13-27(16-24)18(15-20(24)28)14-19(32-22(29)17-8-5-4-6-9-17)21-25(2,23(30)31)10-7-11-26(21,27)3/h4-6,8-9,18-21,28H,7,10-16H2,1-3H3,(H,30,31)/t18-,19-,20+,21-,24-,25-,26-,27-/m0/s1. The first-order valence-corrected chi connectivity index (χ1v) is 12.2. The van der Waals surface area contributed by atoms with Gasteiger partial charge in [-0.1, -0.05) is 38.5 Å². The third-order valence-corrected chi connectivity index (χ3v) is 10.5. The largest absolute Gasteiger partial charge is 0.481 e. The molecule has 1 spiro atoms. The number of fused-ring (bicyclic) bond motifs is 2. The van der Waals surface area contributed by atoms with Gasteiger partial charge in [0.2, 0.25) is 0 Å². The molecule has 4 fully saturated rings. The fourth-order valence-electron chi connectivity index (χ4n) is 8.86. The average Bonchev–Trinajstić information content (AvgIpc) is 3.08. The molecule has 5 nitrogen and oxygen atoms in total. The van der Waals surface area contributed by atoms with Gasteiger partial charge in [-0.2, -0.15) is 0 Å². The number of aliphatic carboxylic acids is 1. The van der Waals surface area contributed by atoms with E-state index in [9.17, 15) is 19.8 Å². The number of rotatable bonds is 3. The van der Waals surface area contributed by atoms with Gasteiger partial charge in [0.15, 0.2) is 0 Å². The van der Waals surface area contributed by atoms with E-state index in [0.717, 1.165) is 38.5 Å². The van der Waals surface area contributed by atoms with E-state index < -0.39 is 17.5 Å². The summed E-state index contributed by atoms with van der Waals surface area (Å²) in [5, 5.41) is 21.4. The van der Waals surface area contributed by atoms with E-state index in [4.69, 9.17) is 4.74 Å². The highest BCUT2D eigenvalue weighted by molar-refractivity contribution is 5.89. The number of benzene rings is 1. The van der Waals surface area contributed by atoms with E-state index in [-0.39, 0.29) is 40.2 Å². The van der Waals surface area contributed by atoms with Gasteiger partial charge in [0, 0.05) is 5.92 Å². The minimum atomic E-state index is -0.927. The molecule has 0 heterocycles. The molecule has 0 aliphatic heterocycles. The Morgan fingerprint density at radius 1 is 1.00 bits per heavy atom. The van der Waals surface area contributed by atoms with E-state index >= 15 is 0 Å². The van der Waals surface area contributed by atoms with E-state index in [1.807, 2.05) is 25.1 Å². The Labute approximate surface area is 190 Å². The molecular weight excluding hydrogens is 404 g/mol. The molecule has 1 aromatic carbocycles. The summed E-state index contributed by atoms with van der Waals surface area (Å²) in [6.07, 6.45) is 6.00. The van der Waals surface area contributed by atoms with E-state index in [1.165, 1.54) is 0 Å². The SMILES string of the molecule is C[C@]12CC[C@]3(C1)[C@@H](C[C@H](OC(=O)c1ccccc1)[C@@H]1[C@]3(C)CCC[C@]1(C)C(=O)O)C[C@H]2O. The molecule has 0 amide bonds. The Kier molecular flexibility index (Phi) is 4.84. The molecule has 2 N–H and O–H groups in total. The quantitative estimate of drug-likeness (QED) is 0.641. The lowest BCUT2D eigenvalue weighted by Crippen LogP contribution is -2.66. The zero-order chi connectivity index (χ0) is 22.9. The van der Waals surface area contributed by atoms with Crippen LogP contribution in [-0.2, 0) is 9.53 Å². The van der Waals surface area contributed by atoms with E-state index in [1.54, 1.807) is 12.1 Å². The summed E-state index contributed by atoms with van der Waals surface area (Å²) in [4.78, 5) is 25.8. The van der Waals surface area contributed by atoms with Crippen LogP contribution in [0.1, 0.15) is 82.5 Å². The van der Waals surface area contributed by atoms with Crippen LogP contribution in [0.5, 0.6) is 0 Å². The van der Waals surface area contributed by atoms with Crippen molar-refractivity contribution >= 4 is 11.9 Å². The number of ether oxygens (including phenoxy) is 1. The molecule has 5 heteroatoms.